The number of aromatic nitrogens is 1. The van der Waals surface area contributed by atoms with E-state index in [4.69, 9.17) is 5.11 Å². The first-order valence-corrected chi connectivity index (χ1v) is 6.14. The van der Waals surface area contributed by atoms with Crippen LogP contribution in [0.1, 0.15) is 12.5 Å². The van der Waals surface area contributed by atoms with E-state index in [0.29, 0.717) is 16.8 Å². The Kier molecular flexibility index (Phi) is 3.10. The molecular weight excluding hydrogens is 329 g/mol. The van der Waals surface area contributed by atoms with Crippen molar-refractivity contribution in [2.24, 2.45) is 0 Å². The van der Waals surface area contributed by atoms with E-state index in [1.807, 2.05) is 0 Å². The molecule has 10 heteroatoms. The minimum absolute atomic E-state index is 0.307. The van der Waals surface area contributed by atoms with Crippen LogP contribution in [-0.4, -0.2) is 21.8 Å². The Morgan fingerprint density at radius 3 is 2.43 bits per heavy atom. The quantitative estimate of drug-likeness (QED) is 0.520. The molecule has 0 aliphatic heterocycles. The Morgan fingerprint density at radius 2 is 1.91 bits per heavy atom. The zero-order valence-electron chi connectivity index (χ0n) is 10.9. The monoisotopic (exact) mass is 335 g/mol. The Balaban J connectivity index is 2.39. The Hall–Kier alpha value is -2.65. The molecule has 1 atom stereocenters. The summed E-state index contributed by atoms with van der Waals surface area (Å²) in [5.41, 5.74) is -2.14. The minimum atomic E-state index is -3.25. The molecule has 1 saturated carbocycles. The number of fused-ring (bicyclic) bond motifs is 1. The van der Waals surface area contributed by atoms with Crippen LogP contribution in [0.15, 0.2) is 17.1 Å². The predicted molar refractivity (Wildman–Crippen MR) is 65.3 cm³/mol. The molecule has 1 aliphatic carbocycles. The molecule has 0 radical (unpaired) electrons. The third kappa shape index (κ3) is 2.30. The summed E-state index contributed by atoms with van der Waals surface area (Å²) in [6, 6.07) is -1.32. The molecule has 122 valence electrons. The second-order valence-corrected chi connectivity index (χ2v) is 4.96. The van der Waals surface area contributed by atoms with E-state index in [-0.39, 0.29) is 0 Å². The molecule has 2 aromatic rings. The fourth-order valence-electron chi connectivity index (χ4n) is 2.31. The van der Waals surface area contributed by atoms with Crippen LogP contribution in [0.4, 0.5) is 26.7 Å². The van der Waals surface area contributed by atoms with Crippen molar-refractivity contribution in [3.05, 3.63) is 39.9 Å². The number of halogens is 5. The van der Waals surface area contributed by atoms with Gasteiger partial charge in [-0.2, -0.15) is 0 Å². The van der Waals surface area contributed by atoms with Gasteiger partial charge in [0, 0.05) is 6.42 Å². The fourth-order valence-corrected chi connectivity index (χ4v) is 2.31. The van der Waals surface area contributed by atoms with Gasteiger partial charge in [0.2, 0.25) is 5.43 Å². The number of hydrogen-bond acceptors (Lipinski definition) is 3. The van der Waals surface area contributed by atoms with Crippen LogP contribution in [0.3, 0.4) is 0 Å². The highest BCUT2D eigenvalue weighted by Crippen LogP contribution is 2.53. The van der Waals surface area contributed by atoms with Gasteiger partial charge in [-0.1, -0.05) is 0 Å². The summed E-state index contributed by atoms with van der Waals surface area (Å²) in [5, 5.41) is 7.73. The molecule has 0 amide bonds. The molecule has 3 rings (SSSR count). The lowest BCUT2D eigenvalue weighted by atomic mass is 10.1. The molecule has 1 heterocycles. The standard InChI is InChI=1S/C13H6F5NO4/c14-5-1-4-10(9(16)8(5)15)19(7-2-13(7,17)18)3-6(11(4)20)23-12(21)22/h1,3,7H,2H2,(H,21,22). The number of benzene rings is 1. The van der Waals surface area contributed by atoms with Crippen molar-refractivity contribution >= 4 is 17.1 Å². The van der Waals surface area contributed by atoms with E-state index in [9.17, 15) is 31.5 Å². The molecule has 1 aliphatic rings. The van der Waals surface area contributed by atoms with Crippen molar-refractivity contribution in [3.8, 4) is 5.75 Å². The number of hydrogen-bond donors (Lipinski definition) is 1. The Labute approximate surface area is 123 Å². The molecule has 1 aromatic heterocycles. The van der Waals surface area contributed by atoms with Gasteiger partial charge in [-0.3, -0.25) is 4.79 Å². The largest absolute Gasteiger partial charge is 0.511 e. The first kappa shape index (κ1) is 15.3. The predicted octanol–water partition coefficient (Wildman–Crippen LogP) is 3.06. The average Bonchev–Trinajstić information content (AvgIpc) is 3.08. The normalized spacial score (nSPS) is 18.9. The molecule has 23 heavy (non-hydrogen) atoms. The summed E-state index contributed by atoms with van der Waals surface area (Å²) in [4.78, 5) is 22.5. The van der Waals surface area contributed by atoms with E-state index < -0.39 is 64.1 Å². The number of ether oxygens (including phenoxy) is 1. The molecule has 0 saturated heterocycles. The van der Waals surface area contributed by atoms with E-state index in [1.165, 1.54) is 0 Å². The molecule has 1 aromatic carbocycles. The van der Waals surface area contributed by atoms with Gasteiger partial charge in [-0.05, 0) is 6.07 Å². The summed E-state index contributed by atoms with van der Waals surface area (Å²) in [6.45, 7) is 0. The van der Waals surface area contributed by atoms with Gasteiger partial charge in [0.15, 0.2) is 23.2 Å². The van der Waals surface area contributed by atoms with Gasteiger partial charge >= 0.3 is 6.16 Å². The summed E-state index contributed by atoms with van der Waals surface area (Å²) >= 11 is 0. The maximum atomic E-state index is 14.0. The van der Waals surface area contributed by atoms with Gasteiger partial charge in [0.05, 0.1) is 17.1 Å². The number of nitrogens with zero attached hydrogens (tertiary/aromatic N) is 1. The minimum Gasteiger partial charge on any atom is -0.449 e. The van der Waals surface area contributed by atoms with Crippen molar-refractivity contribution < 1.29 is 36.6 Å². The zero-order chi connectivity index (χ0) is 17.1. The van der Waals surface area contributed by atoms with E-state index >= 15 is 0 Å². The van der Waals surface area contributed by atoms with E-state index in [2.05, 4.69) is 4.74 Å². The lowest BCUT2D eigenvalue weighted by Crippen LogP contribution is -2.18. The first-order valence-electron chi connectivity index (χ1n) is 6.14. The van der Waals surface area contributed by atoms with E-state index in [0.717, 1.165) is 0 Å². The van der Waals surface area contributed by atoms with Crippen LogP contribution >= 0.6 is 0 Å². The number of carbonyl (C=O) groups is 1. The fraction of sp³-hybridized carbons (Fsp3) is 0.231. The molecule has 0 bridgehead atoms. The van der Waals surface area contributed by atoms with E-state index in [1.54, 1.807) is 0 Å². The number of alkyl halides is 2. The van der Waals surface area contributed by atoms with Crippen LogP contribution in [0.2, 0.25) is 0 Å². The van der Waals surface area contributed by atoms with Gasteiger partial charge < -0.3 is 14.4 Å². The molecule has 1 unspecified atom stereocenters. The van der Waals surface area contributed by atoms with Gasteiger partial charge in [0.25, 0.3) is 5.92 Å². The highest BCUT2D eigenvalue weighted by atomic mass is 19.3. The topological polar surface area (TPSA) is 68.5 Å². The Bertz CT molecular complexity index is 908. The summed E-state index contributed by atoms with van der Waals surface area (Å²) in [5.74, 6) is -9.63. The number of pyridine rings is 1. The van der Waals surface area contributed by atoms with Gasteiger partial charge in [0.1, 0.15) is 6.04 Å². The number of carboxylic acid groups (broad SMARTS) is 1. The maximum Gasteiger partial charge on any atom is 0.511 e. The van der Waals surface area contributed by atoms with Crippen molar-refractivity contribution in [2.45, 2.75) is 18.4 Å². The van der Waals surface area contributed by atoms with Crippen molar-refractivity contribution in [2.75, 3.05) is 0 Å². The lowest BCUT2D eigenvalue weighted by molar-refractivity contribution is 0.101. The SMILES string of the molecule is O=C(O)Oc1cn(C2CC2(F)F)c2c(F)c(F)c(F)cc2c1=O. The third-order valence-corrected chi connectivity index (χ3v) is 3.45. The van der Waals surface area contributed by atoms with Crippen molar-refractivity contribution in [3.63, 3.8) is 0 Å². The highest BCUT2D eigenvalue weighted by molar-refractivity contribution is 5.82. The molecule has 0 spiro atoms. The summed E-state index contributed by atoms with van der Waals surface area (Å²) in [6.07, 6.45) is -2.10. The smallest absolute Gasteiger partial charge is 0.449 e. The van der Waals surface area contributed by atoms with Gasteiger partial charge in [-0.15, -0.1) is 0 Å². The zero-order valence-corrected chi connectivity index (χ0v) is 10.9. The second kappa shape index (κ2) is 4.67. The lowest BCUT2D eigenvalue weighted by Gasteiger charge is -2.13. The first-order chi connectivity index (χ1) is 10.6. The van der Waals surface area contributed by atoms with Crippen LogP contribution in [-0.2, 0) is 0 Å². The second-order valence-electron chi connectivity index (χ2n) is 4.96. The van der Waals surface area contributed by atoms with Crippen LogP contribution in [0.5, 0.6) is 5.75 Å². The Morgan fingerprint density at radius 1 is 1.30 bits per heavy atom. The molecule has 1 fully saturated rings. The molecular formula is C13H6F5NO4. The summed E-state index contributed by atoms with van der Waals surface area (Å²) in [7, 11) is 0. The van der Waals surface area contributed by atoms with Crippen molar-refractivity contribution in [1.82, 2.24) is 4.57 Å². The van der Waals surface area contributed by atoms with Crippen LogP contribution in [0.25, 0.3) is 10.9 Å². The van der Waals surface area contributed by atoms with Crippen molar-refractivity contribution in [1.29, 1.82) is 0 Å². The van der Waals surface area contributed by atoms with Gasteiger partial charge in [-0.25, -0.2) is 26.7 Å². The van der Waals surface area contributed by atoms with Crippen LogP contribution < -0.4 is 10.2 Å². The summed E-state index contributed by atoms with van der Waals surface area (Å²) < 4.78 is 71.8. The van der Waals surface area contributed by atoms with Crippen LogP contribution in [0, 0.1) is 17.5 Å². The average molecular weight is 335 g/mol. The number of rotatable bonds is 2. The highest BCUT2D eigenvalue weighted by Gasteiger charge is 2.58. The maximum absolute atomic E-state index is 14.0. The third-order valence-electron chi connectivity index (χ3n) is 3.45. The molecule has 1 N–H and O–H groups in total. The molecule has 5 nitrogen and oxygen atoms in total.